The Bertz CT molecular complexity index is 1230. The number of nitro benzene ring substituents is 1. The van der Waals surface area contributed by atoms with Crippen molar-refractivity contribution in [2.45, 2.75) is 5.66 Å². The first kappa shape index (κ1) is 19.7. The summed E-state index contributed by atoms with van der Waals surface area (Å²) in [6, 6.07) is 22.3. The van der Waals surface area contributed by atoms with Crippen molar-refractivity contribution in [1.82, 2.24) is 4.90 Å². The highest BCUT2D eigenvalue weighted by molar-refractivity contribution is 6.22. The first-order valence-electron chi connectivity index (χ1n) is 9.22. The van der Waals surface area contributed by atoms with Crippen LogP contribution < -0.4 is 0 Å². The number of nitriles is 1. The Morgan fingerprint density at radius 2 is 1.45 bits per heavy atom. The summed E-state index contributed by atoms with van der Waals surface area (Å²) < 4.78 is 0. The molecular formula is C23H14N4O4. The van der Waals surface area contributed by atoms with E-state index in [2.05, 4.69) is 4.99 Å². The van der Waals surface area contributed by atoms with Gasteiger partial charge in [-0.05, 0) is 29.8 Å². The van der Waals surface area contributed by atoms with Gasteiger partial charge in [0.05, 0.1) is 16.1 Å². The Morgan fingerprint density at radius 1 is 0.903 bits per heavy atom. The van der Waals surface area contributed by atoms with Crippen molar-refractivity contribution in [2.75, 3.05) is 0 Å². The van der Waals surface area contributed by atoms with Crippen molar-refractivity contribution < 1.29 is 14.5 Å². The summed E-state index contributed by atoms with van der Waals surface area (Å²) in [5, 5.41) is 21.1. The smallest absolute Gasteiger partial charge is 0.268 e. The van der Waals surface area contributed by atoms with Crippen molar-refractivity contribution in [1.29, 1.82) is 5.26 Å². The first-order chi connectivity index (χ1) is 15.0. The molecule has 1 aliphatic heterocycles. The number of carbonyl (C=O) groups is 2. The molecule has 8 nitrogen and oxygen atoms in total. The van der Waals surface area contributed by atoms with E-state index in [1.807, 2.05) is 6.07 Å². The molecule has 1 atom stereocenters. The van der Waals surface area contributed by atoms with Crippen molar-refractivity contribution >= 4 is 23.7 Å². The van der Waals surface area contributed by atoms with Crippen molar-refractivity contribution in [3.05, 3.63) is 111 Å². The molecule has 4 rings (SSSR count). The molecule has 0 aromatic heterocycles. The minimum absolute atomic E-state index is 0.0906. The maximum absolute atomic E-state index is 13.1. The van der Waals surface area contributed by atoms with E-state index in [1.165, 1.54) is 42.6 Å². The highest BCUT2D eigenvalue weighted by Gasteiger charge is 2.50. The van der Waals surface area contributed by atoms with Gasteiger partial charge < -0.3 is 0 Å². The molecule has 0 bridgehead atoms. The fourth-order valence-electron chi connectivity index (χ4n) is 3.41. The number of benzene rings is 3. The number of amides is 2. The summed E-state index contributed by atoms with van der Waals surface area (Å²) in [5.41, 5.74) is -0.826. The number of carbonyl (C=O) groups excluding carboxylic acids is 2. The maximum Gasteiger partial charge on any atom is 0.269 e. The van der Waals surface area contributed by atoms with Crippen LogP contribution >= 0.6 is 0 Å². The van der Waals surface area contributed by atoms with E-state index in [1.54, 1.807) is 42.5 Å². The van der Waals surface area contributed by atoms with Gasteiger partial charge in [0.25, 0.3) is 23.2 Å². The fourth-order valence-corrected chi connectivity index (χ4v) is 3.41. The standard InChI is InChI=1S/C23H14N4O4/c24-15-23(17-6-2-1-3-7-17,25-14-16-10-12-18(13-11-16)27(30)31)26-21(28)19-8-4-5-9-20(19)22(26)29/h1-14H/b25-14+. The topological polar surface area (TPSA) is 117 Å². The Kier molecular flexibility index (Phi) is 4.85. The van der Waals surface area contributed by atoms with Gasteiger partial charge in [-0.2, -0.15) is 5.26 Å². The molecule has 0 N–H and O–H groups in total. The average Bonchev–Trinajstić information content (AvgIpc) is 3.07. The lowest BCUT2D eigenvalue weighted by atomic mass is 9.99. The van der Waals surface area contributed by atoms with Crippen molar-refractivity contribution in [3.63, 3.8) is 0 Å². The van der Waals surface area contributed by atoms with E-state index in [9.17, 15) is 25.0 Å². The SMILES string of the molecule is N#CC(/N=C/c1ccc([N+](=O)[O-])cc1)(c1ccccc1)N1C(=O)c2ccccc2C1=O. The second kappa shape index (κ2) is 7.65. The lowest BCUT2D eigenvalue weighted by Crippen LogP contribution is -2.47. The second-order valence-corrected chi connectivity index (χ2v) is 6.75. The summed E-state index contributed by atoms with van der Waals surface area (Å²) in [5.74, 6) is -1.24. The third kappa shape index (κ3) is 3.24. The highest BCUT2D eigenvalue weighted by atomic mass is 16.6. The summed E-state index contributed by atoms with van der Waals surface area (Å²) in [6.45, 7) is 0. The molecule has 0 spiro atoms. The molecule has 0 saturated carbocycles. The van der Waals surface area contributed by atoms with Crippen LogP contribution in [-0.4, -0.2) is 27.9 Å². The molecule has 31 heavy (non-hydrogen) atoms. The van der Waals surface area contributed by atoms with E-state index in [-0.39, 0.29) is 16.8 Å². The lowest BCUT2D eigenvalue weighted by molar-refractivity contribution is -0.384. The van der Waals surface area contributed by atoms with Crippen molar-refractivity contribution in [2.24, 2.45) is 4.99 Å². The van der Waals surface area contributed by atoms with Gasteiger partial charge in [0.1, 0.15) is 6.07 Å². The van der Waals surface area contributed by atoms with Crippen LogP contribution in [0.2, 0.25) is 0 Å². The van der Waals surface area contributed by atoms with Crippen LogP contribution in [0.1, 0.15) is 31.8 Å². The molecule has 0 aliphatic carbocycles. The Balaban J connectivity index is 1.84. The largest absolute Gasteiger partial charge is 0.269 e. The van der Waals surface area contributed by atoms with Gasteiger partial charge in [-0.3, -0.25) is 19.7 Å². The zero-order valence-electron chi connectivity index (χ0n) is 16.0. The monoisotopic (exact) mass is 410 g/mol. The van der Waals surface area contributed by atoms with E-state index >= 15 is 0 Å². The summed E-state index contributed by atoms with van der Waals surface area (Å²) >= 11 is 0. The molecule has 8 heteroatoms. The molecule has 0 fully saturated rings. The van der Waals surface area contributed by atoms with Gasteiger partial charge >= 0.3 is 0 Å². The third-order valence-corrected chi connectivity index (χ3v) is 4.95. The van der Waals surface area contributed by atoms with Crippen LogP contribution in [-0.2, 0) is 5.66 Å². The van der Waals surface area contributed by atoms with Gasteiger partial charge in [0.2, 0.25) is 0 Å². The lowest BCUT2D eigenvalue weighted by Gasteiger charge is -2.31. The van der Waals surface area contributed by atoms with E-state index in [4.69, 9.17) is 0 Å². The molecular weight excluding hydrogens is 396 g/mol. The number of imide groups is 1. The molecule has 2 amide bonds. The molecule has 150 valence electrons. The zero-order valence-corrected chi connectivity index (χ0v) is 16.0. The van der Waals surface area contributed by atoms with E-state index in [0.29, 0.717) is 11.1 Å². The van der Waals surface area contributed by atoms with Crippen LogP contribution in [0.15, 0.2) is 83.9 Å². The van der Waals surface area contributed by atoms with Gasteiger partial charge in [-0.15, -0.1) is 0 Å². The predicted octanol–water partition coefficient (Wildman–Crippen LogP) is 3.69. The van der Waals surface area contributed by atoms with Crippen LogP contribution in [0.4, 0.5) is 5.69 Å². The fraction of sp³-hybridized carbons (Fsp3) is 0.0435. The molecule has 1 heterocycles. The number of nitro groups is 1. The molecule has 0 radical (unpaired) electrons. The number of rotatable bonds is 5. The van der Waals surface area contributed by atoms with Crippen molar-refractivity contribution in [3.8, 4) is 6.07 Å². The Hall–Kier alpha value is -4.64. The van der Waals surface area contributed by atoms with E-state index in [0.717, 1.165) is 4.90 Å². The Morgan fingerprint density at radius 3 is 1.97 bits per heavy atom. The molecule has 1 unspecified atom stereocenters. The van der Waals surface area contributed by atoms with Crippen LogP contribution in [0.5, 0.6) is 0 Å². The molecule has 0 saturated heterocycles. The summed E-state index contributed by atoms with van der Waals surface area (Å²) in [6.07, 6.45) is 1.32. The average molecular weight is 410 g/mol. The summed E-state index contributed by atoms with van der Waals surface area (Å²) in [4.78, 5) is 41.8. The van der Waals surface area contributed by atoms with Gasteiger partial charge in [0, 0.05) is 23.9 Å². The normalized spacial score (nSPS) is 14.9. The first-order valence-corrected chi connectivity index (χ1v) is 9.22. The zero-order chi connectivity index (χ0) is 22.0. The van der Waals surface area contributed by atoms with Gasteiger partial charge in [0.15, 0.2) is 0 Å². The Labute approximate surface area is 176 Å². The van der Waals surface area contributed by atoms with Crippen LogP contribution in [0, 0.1) is 21.4 Å². The number of hydrogen-bond acceptors (Lipinski definition) is 6. The van der Waals surface area contributed by atoms with Gasteiger partial charge in [-0.25, -0.2) is 9.89 Å². The predicted molar refractivity (Wildman–Crippen MR) is 111 cm³/mol. The minimum Gasteiger partial charge on any atom is -0.268 e. The molecule has 3 aromatic carbocycles. The number of aliphatic imine (C=N–C) groups is 1. The molecule has 1 aliphatic rings. The third-order valence-electron chi connectivity index (χ3n) is 4.95. The second-order valence-electron chi connectivity index (χ2n) is 6.75. The summed E-state index contributed by atoms with van der Waals surface area (Å²) in [7, 11) is 0. The highest BCUT2D eigenvalue weighted by Crippen LogP contribution is 2.37. The molecule has 3 aromatic rings. The number of nitrogens with zero attached hydrogens (tertiary/aromatic N) is 4. The number of fused-ring (bicyclic) bond motifs is 1. The number of hydrogen-bond donors (Lipinski definition) is 0. The van der Waals surface area contributed by atoms with Crippen LogP contribution in [0.3, 0.4) is 0 Å². The van der Waals surface area contributed by atoms with E-state index < -0.39 is 22.4 Å². The van der Waals surface area contributed by atoms with Gasteiger partial charge in [-0.1, -0.05) is 42.5 Å². The number of non-ortho nitro benzene ring substituents is 1. The quantitative estimate of drug-likeness (QED) is 0.275. The maximum atomic E-state index is 13.1. The minimum atomic E-state index is -1.95. The van der Waals surface area contributed by atoms with Crippen LogP contribution in [0.25, 0.3) is 0 Å².